The number of hydrogen-bond donors (Lipinski definition) is 1. The van der Waals surface area contributed by atoms with Crippen molar-refractivity contribution in [3.05, 3.63) is 0 Å². The maximum Gasteiger partial charge on any atom is 0.00436 e. The molecule has 0 aliphatic carbocycles. The number of nitrogens with one attached hydrogen (secondary N) is 1. The largest absolute Gasteiger partial charge is 0.312 e. The third-order valence-corrected chi connectivity index (χ3v) is 2.42. The van der Waals surface area contributed by atoms with E-state index in [1.165, 1.54) is 25.7 Å². The molecule has 0 aliphatic heterocycles. The average molecular weight is 185 g/mol. The fourth-order valence-corrected chi connectivity index (χ4v) is 1.91. The van der Waals surface area contributed by atoms with Gasteiger partial charge in [0.25, 0.3) is 0 Å². The first-order valence-electron chi connectivity index (χ1n) is 5.82. The fourth-order valence-electron chi connectivity index (χ4n) is 1.91. The molecule has 0 spiro atoms. The minimum absolute atomic E-state index is 0.619. The molecule has 0 aliphatic rings. The van der Waals surface area contributed by atoms with Crippen LogP contribution in [0.5, 0.6) is 0 Å². The Balaban J connectivity index is 3.46. The van der Waals surface area contributed by atoms with E-state index in [9.17, 15) is 0 Å². The van der Waals surface area contributed by atoms with Crippen LogP contribution in [-0.2, 0) is 0 Å². The van der Waals surface area contributed by atoms with Gasteiger partial charge >= 0.3 is 0 Å². The molecule has 0 aromatic rings. The van der Waals surface area contributed by atoms with Gasteiger partial charge < -0.3 is 5.32 Å². The van der Waals surface area contributed by atoms with E-state index in [-0.39, 0.29) is 0 Å². The van der Waals surface area contributed by atoms with Gasteiger partial charge in [0.2, 0.25) is 0 Å². The quantitative estimate of drug-likeness (QED) is 0.639. The summed E-state index contributed by atoms with van der Waals surface area (Å²) in [4.78, 5) is 0. The van der Waals surface area contributed by atoms with Crippen LogP contribution in [0.3, 0.4) is 0 Å². The first-order valence-corrected chi connectivity index (χ1v) is 5.82. The van der Waals surface area contributed by atoms with Gasteiger partial charge in [-0.15, -0.1) is 0 Å². The molecule has 0 amide bonds. The second-order valence-corrected chi connectivity index (χ2v) is 4.71. The second-order valence-electron chi connectivity index (χ2n) is 4.71. The van der Waals surface area contributed by atoms with Crippen LogP contribution in [0.15, 0.2) is 0 Å². The molecule has 0 fully saturated rings. The summed E-state index contributed by atoms with van der Waals surface area (Å²) >= 11 is 0. The molecule has 2 unspecified atom stereocenters. The molecule has 0 saturated heterocycles. The fraction of sp³-hybridized carbons (Fsp3) is 1.00. The minimum Gasteiger partial charge on any atom is -0.312 e. The van der Waals surface area contributed by atoms with Crippen molar-refractivity contribution in [1.82, 2.24) is 5.32 Å². The van der Waals surface area contributed by atoms with E-state index in [4.69, 9.17) is 0 Å². The molecular formula is C12H27N. The third kappa shape index (κ3) is 8.29. The predicted octanol–water partition coefficient (Wildman–Crippen LogP) is 3.59. The molecule has 0 rings (SSSR count). The van der Waals surface area contributed by atoms with Gasteiger partial charge in [-0.05, 0) is 19.3 Å². The Labute approximate surface area is 84.3 Å². The molecule has 1 N–H and O–H groups in total. The molecule has 0 saturated carbocycles. The lowest BCUT2D eigenvalue weighted by molar-refractivity contribution is 0.376. The summed E-state index contributed by atoms with van der Waals surface area (Å²) in [6.45, 7) is 11.4. The normalized spacial score (nSPS) is 16.2. The molecule has 0 heterocycles. The van der Waals surface area contributed by atoms with Crippen LogP contribution in [0, 0.1) is 5.92 Å². The lowest BCUT2D eigenvalue weighted by Gasteiger charge is -2.20. The van der Waals surface area contributed by atoms with E-state index in [2.05, 4.69) is 39.9 Å². The third-order valence-electron chi connectivity index (χ3n) is 2.42. The Hall–Kier alpha value is -0.0400. The monoisotopic (exact) mass is 185 g/mol. The van der Waals surface area contributed by atoms with Gasteiger partial charge in [-0.1, -0.05) is 47.0 Å². The molecular weight excluding hydrogens is 158 g/mol. The standard InChI is InChI=1S/C12H27N/c1-6-7-8-11(4)9-12(5)13-10(2)3/h10-13H,6-9H2,1-5H3. The summed E-state index contributed by atoms with van der Waals surface area (Å²) in [5.41, 5.74) is 0. The Morgan fingerprint density at radius 3 is 2.15 bits per heavy atom. The van der Waals surface area contributed by atoms with Gasteiger partial charge in [0.1, 0.15) is 0 Å². The van der Waals surface area contributed by atoms with Crippen LogP contribution < -0.4 is 5.32 Å². The smallest absolute Gasteiger partial charge is 0.00436 e. The van der Waals surface area contributed by atoms with Crippen LogP contribution in [-0.4, -0.2) is 12.1 Å². The van der Waals surface area contributed by atoms with Crippen LogP contribution in [0.25, 0.3) is 0 Å². The van der Waals surface area contributed by atoms with Crippen LogP contribution >= 0.6 is 0 Å². The van der Waals surface area contributed by atoms with E-state index in [1.54, 1.807) is 0 Å². The summed E-state index contributed by atoms with van der Waals surface area (Å²) in [5, 5.41) is 3.55. The Kier molecular flexibility index (Phi) is 7.35. The first-order chi connectivity index (χ1) is 6.06. The van der Waals surface area contributed by atoms with Crippen LogP contribution in [0.4, 0.5) is 0 Å². The van der Waals surface area contributed by atoms with E-state index in [0.29, 0.717) is 12.1 Å². The van der Waals surface area contributed by atoms with Crippen molar-refractivity contribution in [2.75, 3.05) is 0 Å². The topological polar surface area (TPSA) is 12.0 Å². The van der Waals surface area contributed by atoms with Gasteiger partial charge in [0, 0.05) is 12.1 Å². The molecule has 80 valence electrons. The Morgan fingerprint density at radius 2 is 1.69 bits per heavy atom. The maximum atomic E-state index is 3.55. The van der Waals surface area contributed by atoms with Crippen molar-refractivity contribution in [3.63, 3.8) is 0 Å². The zero-order chi connectivity index (χ0) is 10.3. The molecule has 0 radical (unpaired) electrons. The SMILES string of the molecule is CCCCC(C)CC(C)NC(C)C. The highest BCUT2D eigenvalue weighted by molar-refractivity contribution is 4.67. The maximum absolute atomic E-state index is 3.55. The molecule has 0 bridgehead atoms. The minimum atomic E-state index is 0.619. The van der Waals surface area contributed by atoms with Gasteiger partial charge in [-0.2, -0.15) is 0 Å². The summed E-state index contributed by atoms with van der Waals surface area (Å²) in [6.07, 6.45) is 5.42. The number of rotatable bonds is 7. The highest BCUT2D eigenvalue weighted by Gasteiger charge is 2.08. The molecule has 1 nitrogen and oxygen atoms in total. The summed E-state index contributed by atoms with van der Waals surface area (Å²) in [5.74, 6) is 0.876. The Bertz CT molecular complexity index is 110. The summed E-state index contributed by atoms with van der Waals surface area (Å²) in [6, 6.07) is 1.29. The molecule has 2 atom stereocenters. The van der Waals surface area contributed by atoms with Crippen molar-refractivity contribution in [2.24, 2.45) is 5.92 Å². The zero-order valence-corrected chi connectivity index (χ0v) is 10.1. The highest BCUT2D eigenvalue weighted by Crippen LogP contribution is 2.13. The van der Waals surface area contributed by atoms with Gasteiger partial charge in [-0.3, -0.25) is 0 Å². The number of hydrogen-bond acceptors (Lipinski definition) is 1. The lowest BCUT2D eigenvalue weighted by atomic mass is 9.97. The van der Waals surface area contributed by atoms with Gasteiger partial charge in [-0.25, -0.2) is 0 Å². The summed E-state index contributed by atoms with van der Waals surface area (Å²) in [7, 11) is 0. The first kappa shape index (κ1) is 13.0. The van der Waals surface area contributed by atoms with E-state index < -0.39 is 0 Å². The van der Waals surface area contributed by atoms with E-state index in [1.807, 2.05) is 0 Å². The average Bonchev–Trinajstić information content (AvgIpc) is 1.98. The van der Waals surface area contributed by atoms with Crippen LogP contribution in [0.2, 0.25) is 0 Å². The zero-order valence-electron chi connectivity index (χ0n) is 10.1. The molecule has 13 heavy (non-hydrogen) atoms. The predicted molar refractivity (Wildman–Crippen MR) is 61.0 cm³/mol. The number of unbranched alkanes of at least 4 members (excludes halogenated alkanes) is 1. The van der Waals surface area contributed by atoms with Gasteiger partial charge in [0.05, 0.1) is 0 Å². The van der Waals surface area contributed by atoms with Crippen molar-refractivity contribution in [3.8, 4) is 0 Å². The van der Waals surface area contributed by atoms with E-state index in [0.717, 1.165) is 5.92 Å². The van der Waals surface area contributed by atoms with Crippen molar-refractivity contribution >= 4 is 0 Å². The van der Waals surface area contributed by atoms with Crippen molar-refractivity contribution in [1.29, 1.82) is 0 Å². The molecule has 0 aromatic carbocycles. The molecule has 1 heteroatoms. The highest BCUT2D eigenvalue weighted by atomic mass is 14.9. The van der Waals surface area contributed by atoms with Gasteiger partial charge in [0.15, 0.2) is 0 Å². The van der Waals surface area contributed by atoms with E-state index >= 15 is 0 Å². The summed E-state index contributed by atoms with van der Waals surface area (Å²) < 4.78 is 0. The Morgan fingerprint density at radius 1 is 1.08 bits per heavy atom. The molecule has 0 aromatic heterocycles. The van der Waals surface area contributed by atoms with Crippen molar-refractivity contribution in [2.45, 2.75) is 72.4 Å². The second kappa shape index (κ2) is 7.37. The lowest BCUT2D eigenvalue weighted by Crippen LogP contribution is -2.33. The van der Waals surface area contributed by atoms with Crippen molar-refractivity contribution < 1.29 is 0 Å². The van der Waals surface area contributed by atoms with Crippen LogP contribution in [0.1, 0.15) is 60.3 Å².